The number of hydrogen-bond acceptors (Lipinski definition) is 2. The van der Waals surface area contributed by atoms with E-state index in [2.05, 4.69) is 5.32 Å². The van der Waals surface area contributed by atoms with Crippen LogP contribution in [0.3, 0.4) is 0 Å². The van der Waals surface area contributed by atoms with Crippen molar-refractivity contribution in [2.24, 2.45) is 0 Å². The third-order valence-electron chi connectivity index (χ3n) is 2.85. The summed E-state index contributed by atoms with van der Waals surface area (Å²) in [6.45, 7) is 7.07. The molecule has 2 N–H and O–H groups in total. The fraction of sp³-hybridized carbons (Fsp3) is 0.462. The Hall–Kier alpha value is -1.06. The van der Waals surface area contributed by atoms with Gasteiger partial charge >= 0.3 is 0 Å². The van der Waals surface area contributed by atoms with Gasteiger partial charge in [0.25, 0.3) is 5.91 Å². The smallest absolute Gasteiger partial charge is 0.253 e. The summed E-state index contributed by atoms with van der Waals surface area (Å²) in [7, 11) is 0. The number of aliphatic hydroxyl groups is 1. The van der Waals surface area contributed by atoms with Crippen molar-refractivity contribution in [2.45, 2.75) is 39.3 Å². The molecule has 0 aromatic heterocycles. The average Bonchev–Trinajstić information content (AvgIpc) is 2.15. The lowest BCUT2D eigenvalue weighted by atomic mass is 9.98. The van der Waals surface area contributed by atoms with Crippen molar-refractivity contribution in [3.05, 3.63) is 34.3 Å². The summed E-state index contributed by atoms with van der Waals surface area (Å²) in [5.74, 6) is -0.277. The van der Waals surface area contributed by atoms with Crippen molar-refractivity contribution in [1.29, 1.82) is 0 Å². The molecule has 3 nitrogen and oxygen atoms in total. The molecule has 17 heavy (non-hydrogen) atoms. The molecule has 0 radical (unpaired) electrons. The molecular weight excluding hydrogens is 238 g/mol. The zero-order valence-electron chi connectivity index (χ0n) is 10.5. The van der Waals surface area contributed by atoms with Gasteiger partial charge in [0.1, 0.15) is 0 Å². The van der Waals surface area contributed by atoms with Crippen molar-refractivity contribution in [2.75, 3.05) is 0 Å². The van der Waals surface area contributed by atoms with Gasteiger partial charge in [-0.25, -0.2) is 0 Å². The molecule has 0 saturated carbocycles. The molecule has 0 aliphatic rings. The van der Waals surface area contributed by atoms with E-state index in [1.807, 2.05) is 13.0 Å². The van der Waals surface area contributed by atoms with Gasteiger partial charge in [-0.3, -0.25) is 4.79 Å². The second kappa shape index (κ2) is 5.07. The van der Waals surface area contributed by atoms with Crippen LogP contribution in [0.5, 0.6) is 0 Å². The first kappa shape index (κ1) is 14.0. The van der Waals surface area contributed by atoms with E-state index in [1.54, 1.807) is 32.9 Å². The SMILES string of the molecule is Cc1ccc(C(=O)NC(C)(C)C(C)O)c(Cl)c1. The highest BCUT2D eigenvalue weighted by atomic mass is 35.5. The first-order valence-corrected chi connectivity index (χ1v) is 5.88. The zero-order chi connectivity index (χ0) is 13.2. The first-order chi connectivity index (χ1) is 7.74. The van der Waals surface area contributed by atoms with Crippen LogP contribution in [0.4, 0.5) is 0 Å². The quantitative estimate of drug-likeness (QED) is 0.872. The van der Waals surface area contributed by atoms with Crippen molar-refractivity contribution in [3.8, 4) is 0 Å². The van der Waals surface area contributed by atoms with Crippen LogP contribution in [0.15, 0.2) is 18.2 Å². The molecule has 0 aliphatic carbocycles. The van der Waals surface area contributed by atoms with Gasteiger partial charge in [0.15, 0.2) is 0 Å². The van der Waals surface area contributed by atoms with E-state index >= 15 is 0 Å². The van der Waals surface area contributed by atoms with Crippen LogP contribution in [-0.4, -0.2) is 22.7 Å². The van der Waals surface area contributed by atoms with E-state index in [1.165, 1.54) is 0 Å². The van der Waals surface area contributed by atoms with E-state index in [0.29, 0.717) is 10.6 Å². The molecule has 1 atom stereocenters. The Balaban J connectivity index is 2.91. The maximum Gasteiger partial charge on any atom is 0.253 e. The van der Waals surface area contributed by atoms with Crippen LogP contribution in [0.1, 0.15) is 36.7 Å². The second-order valence-electron chi connectivity index (χ2n) is 4.84. The topological polar surface area (TPSA) is 49.3 Å². The molecular formula is C13H18ClNO2. The molecule has 0 heterocycles. The van der Waals surface area contributed by atoms with Gasteiger partial charge in [-0.15, -0.1) is 0 Å². The van der Waals surface area contributed by atoms with Gasteiger partial charge < -0.3 is 10.4 Å². The van der Waals surface area contributed by atoms with Gasteiger partial charge in [0, 0.05) is 0 Å². The van der Waals surface area contributed by atoms with Crippen molar-refractivity contribution in [3.63, 3.8) is 0 Å². The van der Waals surface area contributed by atoms with Gasteiger partial charge in [-0.05, 0) is 45.4 Å². The third kappa shape index (κ3) is 3.45. The number of aliphatic hydroxyl groups excluding tert-OH is 1. The Morgan fingerprint density at radius 3 is 2.53 bits per heavy atom. The minimum atomic E-state index is -0.689. The molecule has 0 spiro atoms. The normalized spacial score (nSPS) is 13.3. The van der Waals surface area contributed by atoms with Crippen molar-refractivity contribution in [1.82, 2.24) is 5.32 Å². The molecule has 0 bridgehead atoms. The minimum Gasteiger partial charge on any atom is -0.391 e. The monoisotopic (exact) mass is 255 g/mol. The van der Waals surface area contributed by atoms with E-state index < -0.39 is 11.6 Å². The molecule has 0 fully saturated rings. The van der Waals surface area contributed by atoms with E-state index in [-0.39, 0.29) is 5.91 Å². The Morgan fingerprint density at radius 2 is 2.06 bits per heavy atom. The van der Waals surface area contributed by atoms with Gasteiger partial charge in [-0.1, -0.05) is 17.7 Å². The Bertz CT molecular complexity index is 427. The second-order valence-corrected chi connectivity index (χ2v) is 5.24. The lowest BCUT2D eigenvalue weighted by Gasteiger charge is -2.29. The van der Waals surface area contributed by atoms with Crippen LogP contribution in [0, 0.1) is 6.92 Å². The maximum absolute atomic E-state index is 12.0. The van der Waals surface area contributed by atoms with E-state index in [4.69, 9.17) is 11.6 Å². The summed E-state index contributed by atoms with van der Waals surface area (Å²) in [6, 6.07) is 5.26. The predicted octanol–water partition coefficient (Wildman–Crippen LogP) is 2.54. The van der Waals surface area contributed by atoms with Crippen molar-refractivity contribution >= 4 is 17.5 Å². The molecule has 1 unspecified atom stereocenters. The Morgan fingerprint density at radius 1 is 1.47 bits per heavy atom. The minimum absolute atomic E-state index is 0.277. The number of carbonyl (C=O) groups is 1. The molecule has 1 aromatic carbocycles. The number of halogens is 1. The maximum atomic E-state index is 12.0. The largest absolute Gasteiger partial charge is 0.391 e. The number of benzene rings is 1. The molecule has 0 aliphatic heterocycles. The van der Waals surface area contributed by atoms with Gasteiger partial charge in [0.05, 0.1) is 22.2 Å². The summed E-state index contributed by atoms with van der Waals surface area (Å²) in [6.07, 6.45) is -0.643. The molecule has 4 heteroatoms. The van der Waals surface area contributed by atoms with Crippen LogP contribution in [0.2, 0.25) is 5.02 Å². The van der Waals surface area contributed by atoms with Gasteiger partial charge in [-0.2, -0.15) is 0 Å². The Labute approximate surface area is 107 Å². The van der Waals surface area contributed by atoms with E-state index in [9.17, 15) is 9.90 Å². The average molecular weight is 256 g/mol. The number of aryl methyl sites for hydroxylation is 1. The molecule has 1 amide bonds. The third-order valence-corrected chi connectivity index (χ3v) is 3.16. The fourth-order valence-corrected chi connectivity index (χ4v) is 1.59. The highest BCUT2D eigenvalue weighted by Gasteiger charge is 2.27. The summed E-state index contributed by atoms with van der Waals surface area (Å²) >= 11 is 6.01. The molecule has 0 saturated heterocycles. The molecule has 1 rings (SSSR count). The lowest BCUT2D eigenvalue weighted by molar-refractivity contribution is 0.0709. The standard InChI is InChI=1S/C13H18ClNO2/c1-8-5-6-10(11(14)7-8)12(17)15-13(3,4)9(2)16/h5-7,9,16H,1-4H3,(H,15,17). The number of carbonyl (C=O) groups excluding carboxylic acids is 1. The number of nitrogens with one attached hydrogen (secondary N) is 1. The fourth-order valence-electron chi connectivity index (χ4n) is 1.27. The summed E-state index contributed by atoms with van der Waals surface area (Å²) in [5, 5.41) is 12.7. The summed E-state index contributed by atoms with van der Waals surface area (Å²) in [5.41, 5.74) is 0.734. The molecule has 94 valence electrons. The predicted molar refractivity (Wildman–Crippen MR) is 69.4 cm³/mol. The zero-order valence-corrected chi connectivity index (χ0v) is 11.3. The highest BCUT2D eigenvalue weighted by molar-refractivity contribution is 6.33. The van der Waals surface area contributed by atoms with Gasteiger partial charge in [0.2, 0.25) is 0 Å². The van der Waals surface area contributed by atoms with Crippen LogP contribution in [0.25, 0.3) is 0 Å². The number of rotatable bonds is 3. The lowest BCUT2D eigenvalue weighted by Crippen LogP contribution is -2.51. The Kier molecular flexibility index (Phi) is 4.17. The van der Waals surface area contributed by atoms with E-state index in [0.717, 1.165) is 5.56 Å². The van der Waals surface area contributed by atoms with Crippen LogP contribution < -0.4 is 5.32 Å². The van der Waals surface area contributed by atoms with Crippen LogP contribution >= 0.6 is 11.6 Å². The van der Waals surface area contributed by atoms with Crippen molar-refractivity contribution < 1.29 is 9.90 Å². The first-order valence-electron chi connectivity index (χ1n) is 5.51. The van der Waals surface area contributed by atoms with Crippen LogP contribution in [-0.2, 0) is 0 Å². The summed E-state index contributed by atoms with van der Waals surface area (Å²) < 4.78 is 0. The number of hydrogen-bond donors (Lipinski definition) is 2. The summed E-state index contributed by atoms with van der Waals surface area (Å²) in [4.78, 5) is 12.0. The highest BCUT2D eigenvalue weighted by Crippen LogP contribution is 2.19. The number of amides is 1. The molecule has 1 aromatic rings.